The van der Waals surface area contributed by atoms with Gasteiger partial charge in [-0.1, -0.05) is 133 Å². The Hall–Kier alpha value is -6.59. The maximum absolute atomic E-state index is 5.13. The molecule has 0 amide bonds. The Balaban J connectivity index is 1.15. The third-order valence-corrected chi connectivity index (χ3v) is 9.99. The van der Waals surface area contributed by atoms with Crippen LogP contribution in [0.3, 0.4) is 0 Å². The van der Waals surface area contributed by atoms with Gasteiger partial charge in [-0.15, -0.1) is 0 Å². The zero-order valence-corrected chi connectivity index (χ0v) is 27.2. The van der Waals surface area contributed by atoms with E-state index < -0.39 is 0 Å². The monoisotopic (exact) mass is 641 g/mol. The summed E-state index contributed by atoms with van der Waals surface area (Å²) in [5.74, 6) is 2.17. The van der Waals surface area contributed by atoms with Crippen molar-refractivity contribution >= 4 is 38.8 Å². The van der Waals surface area contributed by atoms with E-state index >= 15 is 0 Å². The lowest BCUT2D eigenvalue weighted by Crippen LogP contribution is -2.15. The van der Waals surface area contributed by atoms with E-state index in [2.05, 4.69) is 143 Å². The second kappa shape index (κ2) is 11.5. The van der Waals surface area contributed by atoms with Crippen LogP contribution in [0.25, 0.3) is 56.1 Å². The topological polar surface area (TPSA) is 46.8 Å². The first-order chi connectivity index (χ1) is 24.8. The molecule has 0 fully saturated rings. The second-order valence-corrected chi connectivity index (χ2v) is 12.9. The highest BCUT2D eigenvalue weighted by molar-refractivity contribution is 6.09. The number of fused-ring (bicyclic) bond motifs is 6. The van der Waals surface area contributed by atoms with Crippen molar-refractivity contribution in [3.8, 4) is 28.7 Å². The highest BCUT2D eigenvalue weighted by Crippen LogP contribution is 2.52. The van der Waals surface area contributed by atoms with Crippen LogP contribution >= 0.6 is 0 Å². The third-order valence-electron chi connectivity index (χ3n) is 9.99. The van der Waals surface area contributed by atoms with E-state index in [1.807, 2.05) is 36.4 Å². The van der Waals surface area contributed by atoms with Crippen molar-refractivity contribution in [3.63, 3.8) is 0 Å². The molecule has 0 saturated carbocycles. The molecule has 1 unspecified atom stereocenters. The van der Waals surface area contributed by atoms with Crippen molar-refractivity contribution < 1.29 is 0 Å². The van der Waals surface area contributed by atoms with Crippen molar-refractivity contribution in [1.82, 2.24) is 19.5 Å². The average molecular weight is 642 g/mol. The summed E-state index contributed by atoms with van der Waals surface area (Å²) in [6.07, 6.45) is 5.55. The Morgan fingerprint density at radius 3 is 1.86 bits per heavy atom. The number of aromatic nitrogens is 4. The molecule has 1 atom stereocenters. The maximum atomic E-state index is 5.13. The van der Waals surface area contributed by atoms with Crippen molar-refractivity contribution in [1.29, 1.82) is 0 Å². The van der Waals surface area contributed by atoms with Crippen LogP contribution in [-0.4, -0.2) is 19.5 Å². The summed E-state index contributed by atoms with van der Waals surface area (Å²) in [4.78, 5) is 17.6. The Morgan fingerprint density at radius 2 is 1.12 bits per heavy atom. The van der Waals surface area contributed by atoms with Gasteiger partial charge in [-0.3, -0.25) is 4.57 Å². The van der Waals surface area contributed by atoms with Crippen LogP contribution in [0.1, 0.15) is 23.5 Å². The molecule has 50 heavy (non-hydrogen) atoms. The van der Waals surface area contributed by atoms with Gasteiger partial charge in [0, 0.05) is 44.9 Å². The number of rotatable bonds is 5. The lowest BCUT2D eigenvalue weighted by Gasteiger charge is -2.26. The van der Waals surface area contributed by atoms with Crippen LogP contribution in [0.2, 0.25) is 0 Å². The molecule has 0 N–H and O–H groups in total. The Kier molecular flexibility index (Phi) is 6.56. The average Bonchev–Trinajstić information content (AvgIpc) is 3.71. The minimum atomic E-state index is 0.276. The molecule has 1 aliphatic heterocycles. The van der Waals surface area contributed by atoms with Gasteiger partial charge in [0.1, 0.15) is 0 Å². The lowest BCUT2D eigenvalue weighted by molar-refractivity contribution is 0.832. The van der Waals surface area contributed by atoms with Gasteiger partial charge < -0.3 is 4.90 Å². The maximum Gasteiger partial charge on any atom is 0.238 e. The first kappa shape index (κ1) is 28.4. The van der Waals surface area contributed by atoms with E-state index in [4.69, 9.17) is 15.0 Å². The van der Waals surface area contributed by atoms with Crippen LogP contribution in [0.4, 0.5) is 11.4 Å². The van der Waals surface area contributed by atoms with Crippen LogP contribution < -0.4 is 4.90 Å². The molecule has 10 rings (SSSR count). The van der Waals surface area contributed by atoms with Crippen molar-refractivity contribution in [2.75, 3.05) is 4.90 Å². The second-order valence-electron chi connectivity index (χ2n) is 12.9. The molecule has 2 aromatic heterocycles. The smallest absolute Gasteiger partial charge is 0.238 e. The zero-order valence-electron chi connectivity index (χ0n) is 27.2. The fraction of sp³-hybridized carbons (Fsp3) is 0.0444. The summed E-state index contributed by atoms with van der Waals surface area (Å²) in [5.41, 5.74) is 11.7. The quantitative estimate of drug-likeness (QED) is 0.188. The summed E-state index contributed by atoms with van der Waals surface area (Å²) in [7, 11) is 0. The van der Waals surface area contributed by atoms with E-state index in [-0.39, 0.29) is 5.92 Å². The molecule has 5 heteroatoms. The fourth-order valence-electron chi connectivity index (χ4n) is 7.68. The molecule has 0 saturated heterocycles. The fourth-order valence-corrected chi connectivity index (χ4v) is 7.68. The molecular formula is C45H31N5. The highest BCUT2D eigenvalue weighted by atomic mass is 15.2. The molecule has 6 aromatic carbocycles. The molecule has 1 aliphatic carbocycles. The third kappa shape index (κ3) is 4.59. The van der Waals surface area contributed by atoms with Crippen molar-refractivity contribution in [2.24, 2.45) is 0 Å². The summed E-state index contributed by atoms with van der Waals surface area (Å²) in [6.45, 7) is 0. The minimum Gasteiger partial charge on any atom is -0.313 e. The molecule has 8 aromatic rings. The van der Waals surface area contributed by atoms with Crippen LogP contribution in [0, 0.1) is 0 Å². The summed E-state index contributed by atoms with van der Waals surface area (Å²) < 4.78 is 2.21. The molecular weight excluding hydrogens is 611 g/mol. The predicted molar refractivity (Wildman–Crippen MR) is 203 cm³/mol. The van der Waals surface area contributed by atoms with Gasteiger partial charge in [0.15, 0.2) is 11.6 Å². The highest BCUT2D eigenvalue weighted by Gasteiger charge is 2.36. The molecule has 236 valence electrons. The molecule has 0 bridgehead atoms. The Labute approximate surface area is 290 Å². The minimum absolute atomic E-state index is 0.276. The van der Waals surface area contributed by atoms with Crippen molar-refractivity contribution in [3.05, 3.63) is 187 Å². The van der Waals surface area contributed by atoms with Gasteiger partial charge in [0.25, 0.3) is 0 Å². The molecule has 2 aliphatic rings. The molecule has 0 radical (unpaired) electrons. The van der Waals surface area contributed by atoms with Crippen molar-refractivity contribution in [2.45, 2.75) is 12.3 Å². The standard InChI is InChI=1S/C45H31N5/c1-4-14-30(15-5-1)43-46-44(31-16-6-2-7-17-31)48-45(47-43)50-40-23-13-10-20-35(40)37-26-24-33(29-42(37)50)32-25-27-41-38(28-32)36-21-11-12-22-39(36)49(41)34-18-8-3-9-19-34/h1-27,29,38H,28H2. The molecule has 0 spiro atoms. The van der Waals surface area contributed by atoms with E-state index in [0.29, 0.717) is 17.6 Å². The van der Waals surface area contributed by atoms with Gasteiger partial charge in [0.2, 0.25) is 5.95 Å². The lowest BCUT2D eigenvalue weighted by atomic mass is 9.85. The van der Waals surface area contributed by atoms with E-state index in [0.717, 1.165) is 28.6 Å². The summed E-state index contributed by atoms with van der Waals surface area (Å²) in [5, 5.41) is 2.33. The SMILES string of the molecule is C1=C(c2ccc3c4ccccc4n(-c4nc(-c5ccccc5)nc(-c5ccccc5)n4)c3c2)CC2C(=C1)N(c1ccccc1)c1ccccc12. The number of anilines is 2. The zero-order chi connectivity index (χ0) is 33.0. The van der Waals surface area contributed by atoms with E-state index in [1.165, 1.54) is 44.5 Å². The van der Waals surface area contributed by atoms with Crippen LogP contribution in [0.15, 0.2) is 176 Å². The molecule has 3 heterocycles. The van der Waals surface area contributed by atoms with Crippen LogP contribution in [-0.2, 0) is 0 Å². The summed E-state index contributed by atoms with van der Waals surface area (Å²) >= 11 is 0. The molecule has 5 nitrogen and oxygen atoms in total. The number of allylic oxidation sites excluding steroid dienone is 4. The number of para-hydroxylation sites is 3. The van der Waals surface area contributed by atoms with Gasteiger partial charge in [0.05, 0.1) is 11.0 Å². The van der Waals surface area contributed by atoms with Gasteiger partial charge in [-0.2, -0.15) is 9.97 Å². The first-order valence-corrected chi connectivity index (χ1v) is 17.1. The normalized spacial score (nSPS) is 15.1. The number of hydrogen-bond donors (Lipinski definition) is 0. The Morgan fingerprint density at radius 1 is 0.500 bits per heavy atom. The van der Waals surface area contributed by atoms with Gasteiger partial charge >= 0.3 is 0 Å². The largest absolute Gasteiger partial charge is 0.313 e. The number of hydrogen-bond acceptors (Lipinski definition) is 4. The van der Waals surface area contributed by atoms with Gasteiger partial charge in [-0.05, 0) is 59.5 Å². The number of nitrogens with zero attached hydrogens (tertiary/aromatic N) is 5. The summed E-state index contributed by atoms with van der Waals surface area (Å²) in [6, 6.07) is 55.2. The predicted octanol–water partition coefficient (Wildman–Crippen LogP) is 10.9. The van der Waals surface area contributed by atoms with Crippen LogP contribution in [0.5, 0.6) is 0 Å². The van der Waals surface area contributed by atoms with E-state index in [1.54, 1.807) is 0 Å². The van der Waals surface area contributed by atoms with Gasteiger partial charge in [-0.25, -0.2) is 4.98 Å². The number of benzene rings is 6. The Bertz CT molecular complexity index is 2560. The first-order valence-electron chi connectivity index (χ1n) is 17.1. The van der Waals surface area contributed by atoms with E-state index in [9.17, 15) is 0 Å².